The topological polar surface area (TPSA) is 28.7 Å². The van der Waals surface area contributed by atoms with Crippen LogP contribution >= 0.6 is 0 Å². The lowest BCUT2D eigenvalue weighted by atomic mass is 9.82. The predicted molar refractivity (Wildman–Crippen MR) is 66.3 cm³/mol. The second-order valence-corrected chi connectivity index (χ2v) is 5.13. The number of hydrogen-bond acceptors (Lipinski definition) is 1. The summed E-state index contributed by atoms with van der Waals surface area (Å²) < 4.78 is 0. The SMILES string of the molecule is Cc1[c]n[nH]c1-c1ccccc1C(C)(C)C. The van der Waals surface area contributed by atoms with Gasteiger partial charge in [-0.15, -0.1) is 0 Å². The Hall–Kier alpha value is -1.57. The van der Waals surface area contributed by atoms with Crippen molar-refractivity contribution in [2.24, 2.45) is 0 Å². The van der Waals surface area contributed by atoms with E-state index in [2.05, 4.69) is 61.4 Å². The molecule has 16 heavy (non-hydrogen) atoms. The third-order valence-electron chi connectivity index (χ3n) is 2.77. The summed E-state index contributed by atoms with van der Waals surface area (Å²) in [4.78, 5) is 0. The van der Waals surface area contributed by atoms with Crippen LogP contribution in [-0.2, 0) is 5.41 Å². The molecule has 0 saturated carbocycles. The van der Waals surface area contributed by atoms with Gasteiger partial charge in [0.05, 0.1) is 5.69 Å². The van der Waals surface area contributed by atoms with Crippen LogP contribution in [0.15, 0.2) is 24.3 Å². The lowest BCUT2D eigenvalue weighted by Gasteiger charge is -2.22. The van der Waals surface area contributed by atoms with Gasteiger partial charge in [0.1, 0.15) is 6.20 Å². The Labute approximate surface area is 96.7 Å². The summed E-state index contributed by atoms with van der Waals surface area (Å²) in [5.74, 6) is 0. The van der Waals surface area contributed by atoms with E-state index < -0.39 is 0 Å². The van der Waals surface area contributed by atoms with Crippen LogP contribution in [0.4, 0.5) is 0 Å². The number of aromatic nitrogens is 2. The average Bonchev–Trinajstić information content (AvgIpc) is 2.63. The molecule has 1 N–H and O–H groups in total. The third-order valence-corrected chi connectivity index (χ3v) is 2.77. The van der Waals surface area contributed by atoms with E-state index >= 15 is 0 Å². The molecule has 1 radical (unpaired) electrons. The van der Waals surface area contributed by atoms with Gasteiger partial charge in [0, 0.05) is 11.1 Å². The summed E-state index contributed by atoms with van der Waals surface area (Å²) in [5, 5.41) is 7.00. The standard InChI is InChI=1S/C14H17N2/c1-10-9-15-16-13(10)11-7-5-6-8-12(11)14(2,3)4/h5-8H,1-4H3,(H,15,16). The molecule has 0 fully saturated rings. The number of nitrogens with zero attached hydrogens (tertiary/aromatic N) is 1. The molecular weight excluding hydrogens is 196 g/mol. The highest BCUT2D eigenvalue weighted by atomic mass is 15.1. The van der Waals surface area contributed by atoms with E-state index in [1.165, 1.54) is 11.1 Å². The van der Waals surface area contributed by atoms with Crippen molar-refractivity contribution >= 4 is 0 Å². The Balaban J connectivity index is 2.62. The molecule has 0 unspecified atom stereocenters. The molecule has 2 rings (SSSR count). The van der Waals surface area contributed by atoms with Crippen LogP contribution in [0.2, 0.25) is 0 Å². The van der Waals surface area contributed by atoms with Gasteiger partial charge in [-0.05, 0) is 17.9 Å². The molecule has 1 aromatic carbocycles. The fourth-order valence-electron chi connectivity index (χ4n) is 1.92. The van der Waals surface area contributed by atoms with Crippen LogP contribution < -0.4 is 0 Å². The van der Waals surface area contributed by atoms with Gasteiger partial charge < -0.3 is 0 Å². The molecule has 2 heteroatoms. The minimum absolute atomic E-state index is 0.133. The Morgan fingerprint density at radius 1 is 1.19 bits per heavy atom. The summed E-state index contributed by atoms with van der Waals surface area (Å²) in [6, 6.07) is 8.45. The summed E-state index contributed by atoms with van der Waals surface area (Å²) in [5.41, 5.74) is 4.83. The number of benzene rings is 1. The number of hydrogen-bond donors (Lipinski definition) is 1. The number of H-pyrrole nitrogens is 1. The minimum atomic E-state index is 0.133. The molecule has 1 heterocycles. The van der Waals surface area contributed by atoms with Crippen molar-refractivity contribution in [1.82, 2.24) is 10.2 Å². The Morgan fingerprint density at radius 3 is 2.44 bits per heavy atom. The van der Waals surface area contributed by atoms with E-state index in [9.17, 15) is 0 Å². The molecule has 0 spiro atoms. The fraction of sp³-hybridized carbons (Fsp3) is 0.357. The van der Waals surface area contributed by atoms with Crippen molar-refractivity contribution in [2.45, 2.75) is 33.1 Å². The monoisotopic (exact) mass is 213 g/mol. The number of aryl methyl sites for hydroxylation is 1. The maximum atomic E-state index is 3.97. The zero-order valence-corrected chi connectivity index (χ0v) is 10.3. The second kappa shape index (κ2) is 3.78. The summed E-state index contributed by atoms with van der Waals surface area (Å²) >= 11 is 0. The van der Waals surface area contributed by atoms with Crippen molar-refractivity contribution in [1.29, 1.82) is 0 Å². The molecular formula is C14H17N2. The normalized spacial score (nSPS) is 11.8. The highest BCUT2D eigenvalue weighted by molar-refractivity contribution is 5.67. The maximum absolute atomic E-state index is 3.97. The number of nitrogens with one attached hydrogen (secondary N) is 1. The van der Waals surface area contributed by atoms with Crippen LogP contribution in [0, 0.1) is 13.1 Å². The molecule has 0 atom stereocenters. The largest absolute Gasteiger partial charge is 0.277 e. The van der Waals surface area contributed by atoms with Gasteiger partial charge >= 0.3 is 0 Å². The number of aromatic amines is 1. The highest BCUT2D eigenvalue weighted by Gasteiger charge is 2.19. The average molecular weight is 213 g/mol. The lowest BCUT2D eigenvalue weighted by molar-refractivity contribution is 0.591. The van der Waals surface area contributed by atoms with Crippen LogP contribution in [-0.4, -0.2) is 10.2 Å². The van der Waals surface area contributed by atoms with Gasteiger partial charge in [0.15, 0.2) is 0 Å². The molecule has 1 aromatic heterocycles. The van der Waals surface area contributed by atoms with Gasteiger partial charge in [-0.2, -0.15) is 5.10 Å². The lowest BCUT2D eigenvalue weighted by Crippen LogP contribution is -2.12. The Morgan fingerprint density at radius 2 is 1.88 bits per heavy atom. The van der Waals surface area contributed by atoms with Crippen molar-refractivity contribution in [3.63, 3.8) is 0 Å². The van der Waals surface area contributed by atoms with Gasteiger partial charge in [-0.1, -0.05) is 45.0 Å². The van der Waals surface area contributed by atoms with Crippen molar-refractivity contribution in [3.8, 4) is 11.3 Å². The first-order valence-electron chi connectivity index (χ1n) is 5.52. The van der Waals surface area contributed by atoms with Gasteiger partial charge in [-0.25, -0.2) is 0 Å². The van der Waals surface area contributed by atoms with Gasteiger partial charge in [0.25, 0.3) is 0 Å². The molecule has 0 aliphatic carbocycles. The first-order chi connectivity index (χ1) is 7.50. The Bertz CT molecular complexity index is 489. The smallest absolute Gasteiger partial charge is 0.116 e. The summed E-state index contributed by atoms with van der Waals surface area (Å²) in [7, 11) is 0. The molecule has 0 aliphatic heterocycles. The first-order valence-corrected chi connectivity index (χ1v) is 5.52. The van der Waals surface area contributed by atoms with Gasteiger partial charge in [-0.3, -0.25) is 5.10 Å². The van der Waals surface area contributed by atoms with Crippen molar-refractivity contribution < 1.29 is 0 Å². The van der Waals surface area contributed by atoms with E-state index in [1.54, 1.807) is 0 Å². The van der Waals surface area contributed by atoms with Crippen molar-refractivity contribution in [2.75, 3.05) is 0 Å². The van der Waals surface area contributed by atoms with E-state index in [-0.39, 0.29) is 5.41 Å². The Kier molecular flexibility index (Phi) is 2.58. The predicted octanol–water partition coefficient (Wildman–Crippen LogP) is 3.48. The summed E-state index contributed by atoms with van der Waals surface area (Å²) in [6.45, 7) is 8.70. The van der Waals surface area contributed by atoms with E-state index in [4.69, 9.17) is 0 Å². The number of rotatable bonds is 1. The molecule has 0 bridgehead atoms. The first kappa shape index (κ1) is 10.9. The zero-order chi connectivity index (χ0) is 11.8. The third kappa shape index (κ3) is 1.87. The fourth-order valence-corrected chi connectivity index (χ4v) is 1.92. The zero-order valence-electron chi connectivity index (χ0n) is 10.3. The summed E-state index contributed by atoms with van der Waals surface area (Å²) in [6.07, 6.45) is 2.94. The van der Waals surface area contributed by atoms with Crippen LogP contribution in [0.25, 0.3) is 11.3 Å². The van der Waals surface area contributed by atoms with E-state index in [0.717, 1.165) is 11.3 Å². The second-order valence-electron chi connectivity index (χ2n) is 5.13. The van der Waals surface area contributed by atoms with Crippen molar-refractivity contribution in [3.05, 3.63) is 41.6 Å². The highest BCUT2D eigenvalue weighted by Crippen LogP contribution is 2.32. The van der Waals surface area contributed by atoms with Crippen LogP contribution in [0.5, 0.6) is 0 Å². The van der Waals surface area contributed by atoms with Gasteiger partial charge in [0.2, 0.25) is 0 Å². The van der Waals surface area contributed by atoms with Crippen LogP contribution in [0.3, 0.4) is 0 Å². The molecule has 0 saturated heterocycles. The molecule has 0 aliphatic rings. The van der Waals surface area contributed by atoms with Crippen LogP contribution in [0.1, 0.15) is 31.9 Å². The molecule has 2 nitrogen and oxygen atoms in total. The molecule has 2 aromatic rings. The van der Waals surface area contributed by atoms with E-state index in [1.807, 2.05) is 6.92 Å². The molecule has 83 valence electrons. The molecule has 0 amide bonds. The quantitative estimate of drug-likeness (QED) is 0.772. The minimum Gasteiger partial charge on any atom is -0.277 e. The maximum Gasteiger partial charge on any atom is 0.116 e. The van der Waals surface area contributed by atoms with E-state index in [0.29, 0.717) is 0 Å².